The summed E-state index contributed by atoms with van der Waals surface area (Å²) in [5.74, 6) is 0. The minimum Gasteiger partial charge on any atom is -0.258 e. The zero-order valence-corrected chi connectivity index (χ0v) is 11.0. The molecule has 0 bridgehead atoms. The largest absolute Gasteiger partial charge is 0.258 e. The van der Waals surface area contributed by atoms with Gasteiger partial charge in [-0.2, -0.15) is 11.2 Å². The fraction of sp³-hybridized carbons (Fsp3) is 0.333. The normalized spacial score (nSPS) is 8.54. The van der Waals surface area contributed by atoms with Crippen LogP contribution in [0.25, 0.3) is 5.65 Å². The van der Waals surface area contributed by atoms with Crippen LogP contribution < -0.4 is 0 Å². The predicted octanol–water partition coefficient (Wildman–Crippen LogP) is 1.86. The summed E-state index contributed by atoms with van der Waals surface area (Å²) in [6.45, 7) is 5.98. The van der Waals surface area contributed by atoms with Crippen molar-refractivity contribution < 1.29 is 32.7 Å². The van der Waals surface area contributed by atoms with Crippen LogP contribution in [0.2, 0.25) is 0 Å². The third-order valence-electron chi connectivity index (χ3n) is 1.36. The zero-order chi connectivity index (χ0) is 8.97. The van der Waals surface area contributed by atoms with E-state index in [-0.39, 0.29) is 32.7 Å². The summed E-state index contributed by atoms with van der Waals surface area (Å²) in [5.41, 5.74) is 1.96. The Bertz CT molecular complexity index is 356. The molecule has 67 valence electrons. The van der Waals surface area contributed by atoms with Crippen molar-refractivity contribution in [3.05, 3.63) is 30.2 Å². The van der Waals surface area contributed by atoms with Gasteiger partial charge in [-0.05, 0) is 0 Å². The smallest absolute Gasteiger partial charge is 0.136 e. The average Bonchev–Trinajstić information content (AvgIpc) is 2.54. The molecule has 1 radical (unpaired) electrons. The molecule has 2 aromatic heterocycles. The molecule has 2 aromatic rings. The van der Waals surface area contributed by atoms with Crippen molar-refractivity contribution in [2.24, 2.45) is 0 Å². The molecule has 0 unspecified atom stereocenters. The van der Waals surface area contributed by atoms with E-state index in [0.29, 0.717) is 0 Å². The number of aromatic nitrogens is 3. The number of hydrogen-bond donors (Lipinski definition) is 0. The van der Waals surface area contributed by atoms with E-state index in [4.69, 9.17) is 0 Å². The molecule has 2 heterocycles. The Morgan fingerprint density at radius 3 is 2.77 bits per heavy atom. The van der Waals surface area contributed by atoms with Gasteiger partial charge in [-0.3, -0.25) is 4.52 Å². The SMILES string of the molecule is CC.Cc1[c-]cn2ncnc2c1.[Y]. The summed E-state index contributed by atoms with van der Waals surface area (Å²) >= 11 is 0. The first-order valence-corrected chi connectivity index (χ1v) is 4.04. The van der Waals surface area contributed by atoms with Gasteiger partial charge in [-0.15, -0.1) is 0 Å². The van der Waals surface area contributed by atoms with Crippen LogP contribution in [0.3, 0.4) is 0 Å². The Hall–Kier alpha value is -0.276. The third-order valence-corrected chi connectivity index (χ3v) is 1.36. The fourth-order valence-electron chi connectivity index (χ4n) is 0.860. The van der Waals surface area contributed by atoms with Gasteiger partial charge >= 0.3 is 0 Å². The number of fused-ring (bicyclic) bond motifs is 1. The van der Waals surface area contributed by atoms with Gasteiger partial charge in [-0.25, -0.2) is 16.6 Å². The number of aryl methyl sites for hydroxylation is 1. The van der Waals surface area contributed by atoms with E-state index >= 15 is 0 Å². The standard InChI is InChI=1S/C7H6N3.C2H6.Y/c1-6-2-3-10-7(4-6)8-5-9-10;1-2;/h3-5H,1H3;1-2H3;/q-1;;. The molecule has 2 rings (SSSR count). The minimum atomic E-state index is 0. The van der Waals surface area contributed by atoms with Crippen LogP contribution in [0.15, 0.2) is 18.6 Å². The van der Waals surface area contributed by atoms with Crippen molar-refractivity contribution >= 4 is 5.65 Å². The van der Waals surface area contributed by atoms with Gasteiger partial charge in [0.15, 0.2) is 0 Å². The van der Waals surface area contributed by atoms with Crippen molar-refractivity contribution in [1.29, 1.82) is 0 Å². The maximum Gasteiger partial charge on any atom is 0.136 e. The summed E-state index contributed by atoms with van der Waals surface area (Å²) in [7, 11) is 0. The summed E-state index contributed by atoms with van der Waals surface area (Å²) in [4.78, 5) is 4.01. The maximum atomic E-state index is 4.01. The third kappa shape index (κ3) is 3.16. The van der Waals surface area contributed by atoms with Gasteiger partial charge in [-0.1, -0.05) is 27.0 Å². The molecule has 0 saturated heterocycles. The Morgan fingerprint density at radius 1 is 1.38 bits per heavy atom. The Morgan fingerprint density at radius 2 is 2.08 bits per heavy atom. The number of hydrogen-bond acceptors (Lipinski definition) is 2. The minimum absolute atomic E-state index is 0. The van der Waals surface area contributed by atoms with E-state index < -0.39 is 0 Å². The van der Waals surface area contributed by atoms with Crippen LogP contribution in [-0.2, 0) is 32.7 Å². The summed E-state index contributed by atoms with van der Waals surface area (Å²) < 4.78 is 1.69. The molecule has 0 aromatic carbocycles. The first-order chi connectivity index (χ1) is 5.86. The van der Waals surface area contributed by atoms with E-state index in [2.05, 4.69) is 16.1 Å². The number of rotatable bonds is 0. The Kier molecular flexibility index (Phi) is 6.09. The second-order valence-corrected chi connectivity index (χ2v) is 2.16. The molecule has 4 heteroatoms. The van der Waals surface area contributed by atoms with E-state index in [1.807, 2.05) is 26.8 Å². The molecule has 0 N–H and O–H groups in total. The first kappa shape index (κ1) is 12.7. The van der Waals surface area contributed by atoms with Gasteiger partial charge in [0.1, 0.15) is 6.33 Å². The molecule has 0 amide bonds. The second kappa shape index (κ2) is 6.22. The van der Waals surface area contributed by atoms with Crippen molar-refractivity contribution in [3.8, 4) is 0 Å². The van der Waals surface area contributed by atoms with Crippen LogP contribution in [-0.4, -0.2) is 14.6 Å². The molecule has 13 heavy (non-hydrogen) atoms. The van der Waals surface area contributed by atoms with Crippen LogP contribution in [0.5, 0.6) is 0 Å². The summed E-state index contributed by atoms with van der Waals surface area (Å²) in [6.07, 6.45) is 3.31. The number of nitrogens with zero attached hydrogens (tertiary/aromatic N) is 3. The van der Waals surface area contributed by atoms with Crippen molar-refractivity contribution in [1.82, 2.24) is 14.6 Å². The molecule has 0 aliphatic carbocycles. The fourth-order valence-corrected chi connectivity index (χ4v) is 0.860. The van der Waals surface area contributed by atoms with Gasteiger partial charge < -0.3 is 0 Å². The van der Waals surface area contributed by atoms with Gasteiger partial charge in [0.05, 0.1) is 5.65 Å². The van der Waals surface area contributed by atoms with Crippen molar-refractivity contribution in [3.63, 3.8) is 0 Å². The first-order valence-electron chi connectivity index (χ1n) is 4.04. The van der Waals surface area contributed by atoms with E-state index in [0.717, 1.165) is 11.2 Å². The monoisotopic (exact) mass is 251 g/mol. The Labute approximate surface area is 103 Å². The van der Waals surface area contributed by atoms with E-state index in [1.54, 1.807) is 10.7 Å². The van der Waals surface area contributed by atoms with Crippen molar-refractivity contribution in [2.45, 2.75) is 20.8 Å². The topological polar surface area (TPSA) is 30.2 Å². The average molecular weight is 251 g/mol. The summed E-state index contributed by atoms with van der Waals surface area (Å²) in [5, 5.41) is 3.93. The molecule has 0 aliphatic heterocycles. The molecular weight excluding hydrogens is 239 g/mol. The van der Waals surface area contributed by atoms with Gasteiger partial charge in [0.2, 0.25) is 0 Å². The molecule has 0 atom stereocenters. The van der Waals surface area contributed by atoms with Crippen molar-refractivity contribution in [2.75, 3.05) is 0 Å². The second-order valence-electron chi connectivity index (χ2n) is 2.16. The van der Waals surface area contributed by atoms with E-state index in [1.165, 1.54) is 6.33 Å². The van der Waals surface area contributed by atoms with Crippen LogP contribution >= 0.6 is 0 Å². The van der Waals surface area contributed by atoms with Gasteiger partial charge in [0.25, 0.3) is 0 Å². The van der Waals surface area contributed by atoms with Crippen LogP contribution in [0, 0.1) is 13.0 Å². The van der Waals surface area contributed by atoms with Crippen LogP contribution in [0.4, 0.5) is 0 Å². The Balaban J connectivity index is 0.000000451. The number of pyridine rings is 1. The molecule has 3 nitrogen and oxygen atoms in total. The maximum absolute atomic E-state index is 4.01. The molecule has 0 spiro atoms. The molecular formula is C9H12N3Y-. The van der Waals surface area contributed by atoms with Gasteiger partial charge in [0, 0.05) is 32.7 Å². The summed E-state index contributed by atoms with van der Waals surface area (Å²) in [6, 6.07) is 4.96. The molecule has 0 saturated carbocycles. The van der Waals surface area contributed by atoms with E-state index in [9.17, 15) is 0 Å². The predicted molar refractivity (Wildman–Crippen MR) is 47.9 cm³/mol. The molecule has 0 fully saturated rings. The quantitative estimate of drug-likeness (QED) is 0.669. The zero-order valence-electron chi connectivity index (χ0n) is 8.15. The van der Waals surface area contributed by atoms with Crippen LogP contribution in [0.1, 0.15) is 19.4 Å². The molecule has 0 aliphatic rings.